The van der Waals surface area contributed by atoms with Crippen molar-refractivity contribution in [1.29, 1.82) is 0 Å². The second-order valence-electron chi connectivity index (χ2n) is 3.69. The lowest BCUT2D eigenvalue weighted by Gasteiger charge is -2.18. The fourth-order valence-corrected chi connectivity index (χ4v) is 1.52. The molecule has 1 N–H and O–H groups in total. The smallest absolute Gasteiger partial charge is 0.217 e. The van der Waals surface area contributed by atoms with Gasteiger partial charge in [0.2, 0.25) is 5.91 Å². The van der Waals surface area contributed by atoms with Crippen LogP contribution in [0.3, 0.4) is 0 Å². The van der Waals surface area contributed by atoms with Gasteiger partial charge in [0.25, 0.3) is 0 Å². The van der Waals surface area contributed by atoms with Gasteiger partial charge >= 0.3 is 0 Å². The number of ether oxygens (including phenoxy) is 2. The summed E-state index contributed by atoms with van der Waals surface area (Å²) in [6.45, 7) is 2.37. The normalized spacial score (nSPS) is 13.0. The van der Waals surface area contributed by atoms with Gasteiger partial charge in [-0.15, -0.1) is 0 Å². The zero-order chi connectivity index (χ0) is 12.3. The molecule has 2 rings (SSSR count). The van der Waals surface area contributed by atoms with Crippen LogP contribution in [-0.2, 0) is 4.79 Å². The summed E-state index contributed by atoms with van der Waals surface area (Å²) in [7, 11) is 0. The molecule has 0 spiro atoms. The van der Waals surface area contributed by atoms with Crippen LogP contribution >= 0.6 is 0 Å². The third kappa shape index (κ3) is 2.75. The number of ketones is 1. The van der Waals surface area contributed by atoms with Gasteiger partial charge in [0.05, 0.1) is 6.54 Å². The van der Waals surface area contributed by atoms with E-state index >= 15 is 0 Å². The van der Waals surface area contributed by atoms with Crippen LogP contribution in [0.15, 0.2) is 18.2 Å². The molecular weight excluding hydrogens is 222 g/mol. The monoisotopic (exact) mass is 235 g/mol. The van der Waals surface area contributed by atoms with Crippen molar-refractivity contribution >= 4 is 11.7 Å². The number of amides is 1. The van der Waals surface area contributed by atoms with Crippen molar-refractivity contribution in [1.82, 2.24) is 5.32 Å². The third-order valence-electron chi connectivity index (χ3n) is 2.36. The van der Waals surface area contributed by atoms with E-state index in [9.17, 15) is 9.59 Å². The standard InChI is InChI=1S/C12H13NO4/c1-8(14)13-7-10(15)9-2-3-11-12(6-9)17-5-4-16-11/h2-3,6H,4-5,7H2,1H3,(H,13,14). The molecule has 5 nitrogen and oxygen atoms in total. The molecule has 1 heterocycles. The molecule has 1 aliphatic heterocycles. The predicted octanol–water partition coefficient (Wildman–Crippen LogP) is 0.777. The van der Waals surface area contributed by atoms with Crippen LogP contribution < -0.4 is 14.8 Å². The average Bonchev–Trinajstić information content (AvgIpc) is 2.35. The topological polar surface area (TPSA) is 64.6 Å². The maximum atomic E-state index is 11.7. The molecule has 0 fully saturated rings. The number of hydrogen-bond donors (Lipinski definition) is 1. The Bertz CT molecular complexity index is 456. The molecular formula is C12H13NO4. The Kier molecular flexibility index (Phi) is 3.27. The Morgan fingerprint density at radius 2 is 1.94 bits per heavy atom. The Morgan fingerprint density at radius 3 is 2.65 bits per heavy atom. The third-order valence-corrected chi connectivity index (χ3v) is 2.36. The lowest BCUT2D eigenvalue weighted by molar-refractivity contribution is -0.118. The molecule has 90 valence electrons. The van der Waals surface area contributed by atoms with Crippen molar-refractivity contribution < 1.29 is 19.1 Å². The van der Waals surface area contributed by atoms with Gasteiger partial charge in [0.1, 0.15) is 13.2 Å². The summed E-state index contributed by atoms with van der Waals surface area (Å²) in [5, 5.41) is 2.46. The first-order chi connectivity index (χ1) is 8.16. The zero-order valence-corrected chi connectivity index (χ0v) is 9.49. The first kappa shape index (κ1) is 11.4. The number of carbonyl (C=O) groups excluding carboxylic acids is 2. The molecule has 0 saturated carbocycles. The van der Waals surface area contributed by atoms with E-state index < -0.39 is 0 Å². The second-order valence-corrected chi connectivity index (χ2v) is 3.69. The van der Waals surface area contributed by atoms with E-state index in [0.717, 1.165) is 0 Å². The Labute approximate surface area is 98.7 Å². The lowest BCUT2D eigenvalue weighted by atomic mass is 10.1. The molecule has 0 saturated heterocycles. The quantitative estimate of drug-likeness (QED) is 0.786. The first-order valence-corrected chi connectivity index (χ1v) is 5.34. The van der Waals surface area contributed by atoms with Crippen LogP contribution in [0.1, 0.15) is 17.3 Å². The number of benzene rings is 1. The number of Topliss-reactive ketones (excluding diaryl/α,β-unsaturated/α-hetero) is 1. The van der Waals surface area contributed by atoms with Crippen molar-refractivity contribution in [3.63, 3.8) is 0 Å². The molecule has 1 aliphatic rings. The molecule has 1 aromatic carbocycles. The summed E-state index contributed by atoms with van der Waals surface area (Å²) in [6, 6.07) is 5.01. The molecule has 0 aromatic heterocycles. The largest absolute Gasteiger partial charge is 0.486 e. The zero-order valence-electron chi connectivity index (χ0n) is 9.49. The molecule has 0 aliphatic carbocycles. The van der Waals surface area contributed by atoms with Crippen molar-refractivity contribution in [2.24, 2.45) is 0 Å². The lowest BCUT2D eigenvalue weighted by Crippen LogP contribution is -2.27. The van der Waals surface area contributed by atoms with Crippen LogP contribution in [-0.4, -0.2) is 31.4 Å². The maximum absolute atomic E-state index is 11.7. The SMILES string of the molecule is CC(=O)NCC(=O)c1ccc2c(c1)OCCO2. The van der Waals surface area contributed by atoms with Gasteiger partial charge in [-0.25, -0.2) is 0 Å². The molecule has 5 heteroatoms. The maximum Gasteiger partial charge on any atom is 0.217 e. The highest BCUT2D eigenvalue weighted by molar-refractivity contribution is 5.99. The van der Waals surface area contributed by atoms with Gasteiger partial charge in [0.15, 0.2) is 17.3 Å². The van der Waals surface area contributed by atoms with E-state index in [1.54, 1.807) is 18.2 Å². The van der Waals surface area contributed by atoms with Crippen LogP contribution in [0.5, 0.6) is 11.5 Å². The molecule has 0 atom stereocenters. The van der Waals surface area contributed by atoms with Crippen LogP contribution in [0.4, 0.5) is 0 Å². The molecule has 0 unspecified atom stereocenters. The van der Waals surface area contributed by atoms with E-state index in [1.807, 2.05) is 0 Å². The summed E-state index contributed by atoms with van der Waals surface area (Å²) in [5.41, 5.74) is 0.503. The highest BCUT2D eigenvalue weighted by Gasteiger charge is 2.14. The van der Waals surface area contributed by atoms with E-state index in [1.165, 1.54) is 6.92 Å². The molecule has 1 aromatic rings. The summed E-state index contributed by atoms with van der Waals surface area (Å²) >= 11 is 0. The van der Waals surface area contributed by atoms with Gasteiger partial charge < -0.3 is 14.8 Å². The highest BCUT2D eigenvalue weighted by atomic mass is 16.6. The van der Waals surface area contributed by atoms with E-state index in [-0.39, 0.29) is 18.2 Å². The van der Waals surface area contributed by atoms with Gasteiger partial charge in [-0.05, 0) is 18.2 Å². The number of carbonyl (C=O) groups is 2. The summed E-state index contributed by atoms with van der Waals surface area (Å²) in [5.74, 6) is 0.838. The number of rotatable bonds is 3. The van der Waals surface area contributed by atoms with E-state index in [0.29, 0.717) is 30.3 Å². The van der Waals surface area contributed by atoms with Crippen molar-refractivity contribution in [2.75, 3.05) is 19.8 Å². The fraction of sp³-hybridized carbons (Fsp3) is 0.333. The molecule has 0 radical (unpaired) electrons. The minimum Gasteiger partial charge on any atom is -0.486 e. The molecule has 1 amide bonds. The summed E-state index contributed by atoms with van der Waals surface area (Å²) < 4.78 is 10.7. The highest BCUT2D eigenvalue weighted by Crippen LogP contribution is 2.30. The van der Waals surface area contributed by atoms with Gasteiger partial charge in [-0.1, -0.05) is 0 Å². The van der Waals surface area contributed by atoms with E-state index in [4.69, 9.17) is 9.47 Å². The van der Waals surface area contributed by atoms with Gasteiger partial charge in [0, 0.05) is 12.5 Å². The van der Waals surface area contributed by atoms with Gasteiger partial charge in [-0.3, -0.25) is 9.59 Å². The first-order valence-electron chi connectivity index (χ1n) is 5.34. The summed E-state index contributed by atoms with van der Waals surface area (Å²) in [6.07, 6.45) is 0. The fourth-order valence-electron chi connectivity index (χ4n) is 1.52. The van der Waals surface area contributed by atoms with E-state index in [2.05, 4.69) is 5.32 Å². The minimum atomic E-state index is -0.226. The van der Waals surface area contributed by atoms with Crippen LogP contribution in [0.2, 0.25) is 0 Å². The number of nitrogens with one attached hydrogen (secondary N) is 1. The van der Waals surface area contributed by atoms with Crippen molar-refractivity contribution in [3.05, 3.63) is 23.8 Å². The second kappa shape index (κ2) is 4.86. The molecule has 17 heavy (non-hydrogen) atoms. The van der Waals surface area contributed by atoms with Gasteiger partial charge in [-0.2, -0.15) is 0 Å². The van der Waals surface area contributed by atoms with Crippen LogP contribution in [0.25, 0.3) is 0 Å². The Balaban J connectivity index is 2.11. The average molecular weight is 235 g/mol. The van der Waals surface area contributed by atoms with Crippen LogP contribution in [0, 0.1) is 0 Å². The van der Waals surface area contributed by atoms with Crippen molar-refractivity contribution in [3.8, 4) is 11.5 Å². The Morgan fingerprint density at radius 1 is 1.24 bits per heavy atom. The minimum absolute atomic E-state index is 0.00498. The van der Waals surface area contributed by atoms with Crippen molar-refractivity contribution in [2.45, 2.75) is 6.92 Å². The number of hydrogen-bond acceptors (Lipinski definition) is 4. The predicted molar refractivity (Wildman–Crippen MR) is 60.4 cm³/mol. The molecule has 0 bridgehead atoms. The Hall–Kier alpha value is -2.04. The summed E-state index contributed by atoms with van der Waals surface area (Å²) in [4.78, 5) is 22.4. The number of fused-ring (bicyclic) bond motifs is 1.